The van der Waals surface area contributed by atoms with Crippen molar-refractivity contribution in [1.82, 2.24) is 15.5 Å². The van der Waals surface area contributed by atoms with Gasteiger partial charge in [0, 0.05) is 17.1 Å². The van der Waals surface area contributed by atoms with Gasteiger partial charge in [-0.25, -0.2) is 0 Å². The van der Waals surface area contributed by atoms with E-state index < -0.39 is 5.60 Å². The maximum atomic E-state index is 12.5. The van der Waals surface area contributed by atoms with Crippen molar-refractivity contribution < 1.29 is 9.90 Å². The number of rotatable bonds is 4. The monoisotopic (exact) mass is 333 g/mol. The van der Waals surface area contributed by atoms with E-state index in [-0.39, 0.29) is 12.5 Å². The summed E-state index contributed by atoms with van der Waals surface area (Å²) < 4.78 is 0. The number of halogens is 1. The third-order valence-electron chi connectivity index (χ3n) is 4.39. The fourth-order valence-electron chi connectivity index (χ4n) is 3.05. The SMILES string of the molecule is O=C(NCC1(O)CCCCC1)c1cn[nH]c1-c1ccccc1Cl. The molecule has 0 bridgehead atoms. The van der Waals surface area contributed by atoms with E-state index in [1.807, 2.05) is 18.2 Å². The van der Waals surface area contributed by atoms with E-state index in [0.29, 0.717) is 16.3 Å². The lowest BCUT2D eigenvalue weighted by molar-refractivity contribution is 0.00526. The summed E-state index contributed by atoms with van der Waals surface area (Å²) in [4.78, 5) is 12.5. The molecule has 1 aromatic heterocycles. The predicted molar refractivity (Wildman–Crippen MR) is 89.4 cm³/mol. The minimum Gasteiger partial charge on any atom is -0.388 e. The van der Waals surface area contributed by atoms with E-state index in [4.69, 9.17) is 11.6 Å². The van der Waals surface area contributed by atoms with Gasteiger partial charge in [0.2, 0.25) is 0 Å². The van der Waals surface area contributed by atoms with Crippen LogP contribution < -0.4 is 5.32 Å². The molecule has 0 aliphatic heterocycles. The Morgan fingerprint density at radius 2 is 2.04 bits per heavy atom. The van der Waals surface area contributed by atoms with Crippen LogP contribution in [0, 0.1) is 0 Å². The van der Waals surface area contributed by atoms with Gasteiger partial charge < -0.3 is 10.4 Å². The van der Waals surface area contributed by atoms with Crippen LogP contribution in [0.5, 0.6) is 0 Å². The summed E-state index contributed by atoms with van der Waals surface area (Å²) in [5, 5.41) is 20.7. The van der Waals surface area contributed by atoms with E-state index in [0.717, 1.165) is 37.7 Å². The zero-order chi connectivity index (χ0) is 16.3. The van der Waals surface area contributed by atoms with Gasteiger partial charge in [-0.05, 0) is 18.9 Å². The van der Waals surface area contributed by atoms with Crippen LogP contribution >= 0.6 is 11.6 Å². The van der Waals surface area contributed by atoms with Crippen molar-refractivity contribution in [3.8, 4) is 11.3 Å². The Bertz CT molecular complexity index is 693. The molecule has 1 saturated carbocycles. The Morgan fingerprint density at radius 3 is 2.78 bits per heavy atom. The molecular formula is C17H20ClN3O2. The molecule has 6 heteroatoms. The first-order chi connectivity index (χ1) is 11.1. The zero-order valence-corrected chi connectivity index (χ0v) is 13.6. The van der Waals surface area contributed by atoms with Crippen molar-refractivity contribution in [1.29, 1.82) is 0 Å². The topological polar surface area (TPSA) is 78.0 Å². The first kappa shape index (κ1) is 16.0. The first-order valence-corrected chi connectivity index (χ1v) is 8.26. The molecule has 1 amide bonds. The summed E-state index contributed by atoms with van der Waals surface area (Å²) in [6, 6.07) is 7.29. The quantitative estimate of drug-likeness (QED) is 0.804. The molecule has 0 atom stereocenters. The number of hydrogen-bond donors (Lipinski definition) is 3. The lowest BCUT2D eigenvalue weighted by Gasteiger charge is -2.32. The van der Waals surface area contributed by atoms with Gasteiger partial charge in [-0.1, -0.05) is 49.1 Å². The molecule has 1 aliphatic carbocycles. The smallest absolute Gasteiger partial charge is 0.255 e. The Morgan fingerprint density at radius 1 is 1.30 bits per heavy atom. The van der Waals surface area contributed by atoms with E-state index in [1.54, 1.807) is 6.07 Å². The standard InChI is InChI=1S/C17H20ClN3O2/c18-14-7-3-2-6-12(14)15-13(10-20-21-15)16(22)19-11-17(23)8-4-1-5-9-17/h2-3,6-7,10,23H,1,4-5,8-9,11H2,(H,19,22)(H,20,21). The second kappa shape index (κ2) is 6.72. The molecule has 2 aromatic rings. The lowest BCUT2D eigenvalue weighted by Crippen LogP contribution is -2.44. The number of carbonyl (C=O) groups is 1. The van der Waals surface area contributed by atoms with Gasteiger partial charge in [0.25, 0.3) is 5.91 Å². The summed E-state index contributed by atoms with van der Waals surface area (Å²) in [5.74, 6) is -0.257. The largest absolute Gasteiger partial charge is 0.388 e. The normalized spacial score (nSPS) is 17.0. The molecule has 1 fully saturated rings. The number of carbonyl (C=O) groups excluding carboxylic acids is 1. The second-order valence-corrected chi connectivity index (χ2v) is 6.51. The Labute approximate surface area is 140 Å². The van der Waals surface area contributed by atoms with Gasteiger partial charge in [-0.15, -0.1) is 0 Å². The van der Waals surface area contributed by atoms with Gasteiger partial charge in [0.15, 0.2) is 0 Å². The van der Waals surface area contributed by atoms with Gasteiger partial charge in [-0.2, -0.15) is 5.10 Å². The van der Waals surface area contributed by atoms with Crippen LogP contribution in [0.2, 0.25) is 5.02 Å². The number of aromatic nitrogens is 2. The number of nitrogens with one attached hydrogen (secondary N) is 2. The number of benzene rings is 1. The number of H-pyrrole nitrogens is 1. The van der Waals surface area contributed by atoms with Crippen molar-refractivity contribution in [3.05, 3.63) is 41.0 Å². The fourth-order valence-corrected chi connectivity index (χ4v) is 3.28. The van der Waals surface area contributed by atoms with E-state index in [9.17, 15) is 9.90 Å². The molecule has 5 nitrogen and oxygen atoms in total. The molecule has 23 heavy (non-hydrogen) atoms. The molecule has 0 spiro atoms. The van der Waals surface area contributed by atoms with Crippen LogP contribution in [0.15, 0.2) is 30.5 Å². The maximum absolute atomic E-state index is 12.5. The average Bonchev–Trinajstić information content (AvgIpc) is 3.03. The summed E-state index contributed by atoms with van der Waals surface area (Å²) in [6.45, 7) is 0.263. The molecule has 0 radical (unpaired) electrons. The Kier molecular flexibility index (Phi) is 4.68. The number of aromatic amines is 1. The van der Waals surface area contributed by atoms with Crippen LogP contribution in [0.25, 0.3) is 11.3 Å². The van der Waals surface area contributed by atoms with Gasteiger partial charge in [-0.3, -0.25) is 9.89 Å². The highest BCUT2D eigenvalue weighted by Gasteiger charge is 2.30. The van der Waals surface area contributed by atoms with Crippen molar-refractivity contribution in [2.24, 2.45) is 0 Å². The molecule has 1 heterocycles. The Hall–Kier alpha value is -1.85. The molecule has 1 aliphatic rings. The molecule has 1 aromatic carbocycles. The second-order valence-electron chi connectivity index (χ2n) is 6.11. The fraction of sp³-hybridized carbons (Fsp3) is 0.412. The average molecular weight is 334 g/mol. The van der Waals surface area contributed by atoms with Crippen molar-refractivity contribution in [2.75, 3.05) is 6.54 Å². The number of amides is 1. The first-order valence-electron chi connectivity index (χ1n) is 7.88. The van der Waals surface area contributed by atoms with Crippen LogP contribution in [0.3, 0.4) is 0 Å². The highest BCUT2D eigenvalue weighted by Crippen LogP contribution is 2.29. The predicted octanol–water partition coefficient (Wildman–Crippen LogP) is 3.16. The molecule has 3 rings (SSSR count). The Balaban J connectivity index is 1.74. The summed E-state index contributed by atoms with van der Waals surface area (Å²) >= 11 is 6.19. The number of nitrogens with zero attached hydrogens (tertiary/aromatic N) is 1. The third kappa shape index (κ3) is 3.57. The van der Waals surface area contributed by atoms with E-state index in [2.05, 4.69) is 15.5 Å². The lowest BCUT2D eigenvalue weighted by atomic mass is 9.85. The summed E-state index contributed by atoms with van der Waals surface area (Å²) in [5.41, 5.74) is 0.955. The minimum absolute atomic E-state index is 0.257. The molecule has 0 unspecified atom stereocenters. The highest BCUT2D eigenvalue weighted by atomic mass is 35.5. The number of hydrogen-bond acceptors (Lipinski definition) is 3. The molecule has 122 valence electrons. The maximum Gasteiger partial charge on any atom is 0.255 e. The molecular weight excluding hydrogens is 314 g/mol. The third-order valence-corrected chi connectivity index (χ3v) is 4.72. The molecule has 3 N–H and O–H groups in total. The van der Waals surface area contributed by atoms with Crippen LogP contribution in [0.4, 0.5) is 0 Å². The minimum atomic E-state index is -0.789. The number of aliphatic hydroxyl groups is 1. The summed E-state index contributed by atoms with van der Waals surface area (Å²) in [6.07, 6.45) is 6.10. The zero-order valence-electron chi connectivity index (χ0n) is 12.8. The van der Waals surface area contributed by atoms with E-state index in [1.165, 1.54) is 6.20 Å². The van der Waals surface area contributed by atoms with Crippen molar-refractivity contribution >= 4 is 17.5 Å². The van der Waals surface area contributed by atoms with Crippen molar-refractivity contribution in [2.45, 2.75) is 37.7 Å². The van der Waals surface area contributed by atoms with Gasteiger partial charge in [0.1, 0.15) is 0 Å². The van der Waals surface area contributed by atoms with Crippen molar-refractivity contribution in [3.63, 3.8) is 0 Å². The van der Waals surface area contributed by atoms with Crippen LogP contribution in [0.1, 0.15) is 42.5 Å². The summed E-state index contributed by atoms with van der Waals surface area (Å²) in [7, 11) is 0. The van der Waals surface area contributed by atoms with Crippen LogP contribution in [-0.4, -0.2) is 33.4 Å². The van der Waals surface area contributed by atoms with E-state index >= 15 is 0 Å². The van der Waals surface area contributed by atoms with Crippen LogP contribution in [-0.2, 0) is 0 Å². The molecule has 0 saturated heterocycles. The van der Waals surface area contributed by atoms with Gasteiger partial charge in [0.05, 0.1) is 23.1 Å². The van der Waals surface area contributed by atoms with Gasteiger partial charge >= 0.3 is 0 Å². The highest BCUT2D eigenvalue weighted by molar-refractivity contribution is 6.33.